The summed E-state index contributed by atoms with van der Waals surface area (Å²) in [5.41, 5.74) is 3.64. The smallest absolute Gasteiger partial charge is 0.257 e. The minimum atomic E-state index is -0.277. The number of hydrogen-bond acceptors (Lipinski definition) is 4. The number of H-pyrrole nitrogens is 1. The van der Waals surface area contributed by atoms with Crippen molar-refractivity contribution in [2.24, 2.45) is 0 Å². The fourth-order valence-electron chi connectivity index (χ4n) is 3.04. The Kier molecular flexibility index (Phi) is 6.00. The van der Waals surface area contributed by atoms with Gasteiger partial charge in [0.15, 0.2) is 0 Å². The van der Waals surface area contributed by atoms with Crippen molar-refractivity contribution in [1.29, 1.82) is 0 Å². The molecule has 0 aliphatic carbocycles. The summed E-state index contributed by atoms with van der Waals surface area (Å²) in [7, 11) is 0. The first-order chi connectivity index (χ1) is 15.0. The van der Waals surface area contributed by atoms with Gasteiger partial charge in [-0.2, -0.15) is 0 Å². The number of carbonyl (C=O) groups excluding carboxylic acids is 1. The van der Waals surface area contributed by atoms with E-state index in [1.165, 1.54) is 6.20 Å². The average Bonchev–Trinajstić information content (AvgIpc) is 3.26. The van der Waals surface area contributed by atoms with Crippen molar-refractivity contribution in [3.63, 3.8) is 0 Å². The Bertz CT molecular complexity index is 1190. The Hall–Kier alpha value is -3.64. The van der Waals surface area contributed by atoms with Crippen LogP contribution in [0.1, 0.15) is 24.2 Å². The molecule has 0 radical (unpaired) electrons. The molecule has 156 valence electrons. The number of nitrogens with zero attached hydrogens (tertiary/aromatic N) is 2. The van der Waals surface area contributed by atoms with Crippen molar-refractivity contribution in [3.8, 4) is 28.5 Å². The zero-order chi connectivity index (χ0) is 21.8. The number of amides is 1. The average molecular weight is 433 g/mol. The summed E-state index contributed by atoms with van der Waals surface area (Å²) in [6, 6.07) is 18.5. The minimum Gasteiger partial charge on any atom is -0.475 e. The number of pyridine rings is 1. The largest absolute Gasteiger partial charge is 0.475 e. The first kappa shape index (κ1) is 20.6. The number of halogens is 1. The molecule has 0 aliphatic rings. The summed E-state index contributed by atoms with van der Waals surface area (Å²) in [5.74, 6) is 0.825. The molecule has 0 saturated carbocycles. The molecule has 0 aliphatic heterocycles. The summed E-state index contributed by atoms with van der Waals surface area (Å²) >= 11 is 6.40. The fourth-order valence-corrected chi connectivity index (χ4v) is 3.24. The lowest BCUT2D eigenvalue weighted by Gasteiger charge is -2.10. The van der Waals surface area contributed by atoms with Gasteiger partial charge in [0, 0.05) is 23.5 Å². The summed E-state index contributed by atoms with van der Waals surface area (Å²) < 4.78 is 5.51. The number of anilines is 1. The first-order valence-electron chi connectivity index (χ1n) is 9.84. The summed E-state index contributed by atoms with van der Waals surface area (Å²) in [5, 5.41) is 3.41. The SMILES string of the molecule is CC(C)Oc1ccc(C(=O)Nc2ccc(Cl)c(-c3ncc(-c4ccccc4)[nH]3)c2)cn1. The number of benzene rings is 2. The van der Waals surface area contributed by atoms with E-state index >= 15 is 0 Å². The molecular formula is C24H21ClN4O2. The van der Waals surface area contributed by atoms with Gasteiger partial charge in [0.25, 0.3) is 5.91 Å². The maximum atomic E-state index is 12.6. The number of imidazole rings is 1. The van der Waals surface area contributed by atoms with Gasteiger partial charge < -0.3 is 15.0 Å². The van der Waals surface area contributed by atoms with Gasteiger partial charge in [-0.25, -0.2) is 9.97 Å². The van der Waals surface area contributed by atoms with E-state index in [2.05, 4.69) is 20.3 Å². The van der Waals surface area contributed by atoms with Crippen LogP contribution in [-0.2, 0) is 0 Å². The number of carbonyl (C=O) groups is 1. The molecule has 2 aromatic carbocycles. The number of nitrogens with one attached hydrogen (secondary N) is 2. The number of rotatable bonds is 6. The number of aromatic nitrogens is 3. The molecule has 4 rings (SSSR count). The molecule has 0 unspecified atom stereocenters. The Morgan fingerprint density at radius 1 is 1.03 bits per heavy atom. The molecule has 2 aromatic heterocycles. The van der Waals surface area contributed by atoms with Crippen LogP contribution in [0.2, 0.25) is 5.02 Å². The van der Waals surface area contributed by atoms with Crippen molar-refractivity contribution >= 4 is 23.2 Å². The van der Waals surface area contributed by atoms with Crippen LogP contribution in [0.4, 0.5) is 5.69 Å². The highest BCUT2D eigenvalue weighted by atomic mass is 35.5. The van der Waals surface area contributed by atoms with Crippen molar-refractivity contribution < 1.29 is 9.53 Å². The third-order valence-electron chi connectivity index (χ3n) is 4.49. The zero-order valence-corrected chi connectivity index (χ0v) is 17.9. The lowest BCUT2D eigenvalue weighted by molar-refractivity contribution is 0.102. The van der Waals surface area contributed by atoms with E-state index in [1.807, 2.05) is 44.2 Å². The van der Waals surface area contributed by atoms with E-state index in [9.17, 15) is 4.79 Å². The molecule has 7 heteroatoms. The van der Waals surface area contributed by atoms with Gasteiger partial charge in [-0.1, -0.05) is 41.9 Å². The number of aromatic amines is 1. The van der Waals surface area contributed by atoms with Crippen molar-refractivity contribution in [2.75, 3.05) is 5.32 Å². The topological polar surface area (TPSA) is 79.9 Å². The van der Waals surface area contributed by atoms with E-state index in [0.29, 0.717) is 33.5 Å². The molecule has 0 bridgehead atoms. The normalized spacial score (nSPS) is 10.8. The number of ether oxygens (including phenoxy) is 1. The van der Waals surface area contributed by atoms with Gasteiger partial charge in [0.2, 0.25) is 5.88 Å². The molecule has 0 atom stereocenters. The van der Waals surface area contributed by atoms with Crippen LogP contribution in [0.25, 0.3) is 22.6 Å². The van der Waals surface area contributed by atoms with Crippen molar-refractivity contribution in [3.05, 3.63) is 83.6 Å². The fraction of sp³-hybridized carbons (Fsp3) is 0.125. The van der Waals surface area contributed by atoms with Gasteiger partial charge in [0.1, 0.15) is 5.82 Å². The maximum absolute atomic E-state index is 12.6. The zero-order valence-electron chi connectivity index (χ0n) is 17.1. The third kappa shape index (κ3) is 4.92. The molecule has 1 amide bonds. The third-order valence-corrected chi connectivity index (χ3v) is 4.82. The maximum Gasteiger partial charge on any atom is 0.257 e. The minimum absolute atomic E-state index is 0.0173. The van der Waals surface area contributed by atoms with Crippen LogP contribution in [0, 0.1) is 0 Å². The second-order valence-electron chi connectivity index (χ2n) is 7.21. The Balaban J connectivity index is 1.53. The molecule has 0 saturated heterocycles. The standard InChI is InChI=1S/C24H21ClN4O2/c1-15(2)31-22-11-8-17(13-26-22)24(30)28-18-9-10-20(25)19(12-18)23-27-14-21(29-23)16-6-4-3-5-7-16/h3-15H,1-2H3,(H,27,29)(H,28,30). The van der Waals surface area contributed by atoms with Crippen LogP contribution in [0.5, 0.6) is 5.88 Å². The highest BCUT2D eigenvalue weighted by molar-refractivity contribution is 6.33. The Labute approximate surface area is 185 Å². The predicted molar refractivity (Wildman–Crippen MR) is 122 cm³/mol. The summed E-state index contributed by atoms with van der Waals surface area (Å²) in [6.07, 6.45) is 3.27. The van der Waals surface area contributed by atoms with E-state index in [4.69, 9.17) is 16.3 Å². The van der Waals surface area contributed by atoms with Crippen LogP contribution in [0.3, 0.4) is 0 Å². The quantitative estimate of drug-likeness (QED) is 0.401. The summed E-state index contributed by atoms with van der Waals surface area (Å²) in [6.45, 7) is 3.84. The second-order valence-corrected chi connectivity index (χ2v) is 7.62. The highest BCUT2D eigenvalue weighted by Gasteiger charge is 2.13. The molecule has 2 heterocycles. The second kappa shape index (κ2) is 9.02. The highest BCUT2D eigenvalue weighted by Crippen LogP contribution is 2.30. The molecular weight excluding hydrogens is 412 g/mol. The van der Waals surface area contributed by atoms with E-state index in [1.54, 1.807) is 36.5 Å². The Morgan fingerprint density at radius 3 is 2.55 bits per heavy atom. The predicted octanol–water partition coefficient (Wildman–Crippen LogP) is 5.83. The van der Waals surface area contributed by atoms with Gasteiger partial charge in [-0.05, 0) is 43.7 Å². The van der Waals surface area contributed by atoms with E-state index < -0.39 is 0 Å². The van der Waals surface area contributed by atoms with Gasteiger partial charge in [0.05, 0.1) is 28.6 Å². The molecule has 31 heavy (non-hydrogen) atoms. The monoisotopic (exact) mass is 432 g/mol. The van der Waals surface area contributed by atoms with E-state index in [-0.39, 0.29) is 12.0 Å². The van der Waals surface area contributed by atoms with Crippen LogP contribution in [0.15, 0.2) is 73.1 Å². The Morgan fingerprint density at radius 2 is 1.84 bits per heavy atom. The first-order valence-corrected chi connectivity index (χ1v) is 10.2. The molecule has 6 nitrogen and oxygen atoms in total. The lowest BCUT2D eigenvalue weighted by Crippen LogP contribution is -2.13. The molecule has 0 spiro atoms. The molecule has 2 N–H and O–H groups in total. The van der Waals surface area contributed by atoms with Crippen LogP contribution < -0.4 is 10.1 Å². The summed E-state index contributed by atoms with van der Waals surface area (Å²) in [4.78, 5) is 24.5. The lowest BCUT2D eigenvalue weighted by atomic mass is 10.1. The van der Waals surface area contributed by atoms with Gasteiger partial charge in [-0.15, -0.1) is 0 Å². The number of hydrogen-bond donors (Lipinski definition) is 2. The van der Waals surface area contributed by atoms with Crippen molar-refractivity contribution in [2.45, 2.75) is 20.0 Å². The molecule has 4 aromatic rings. The molecule has 0 fully saturated rings. The van der Waals surface area contributed by atoms with E-state index in [0.717, 1.165) is 11.3 Å². The van der Waals surface area contributed by atoms with Crippen molar-refractivity contribution in [1.82, 2.24) is 15.0 Å². The van der Waals surface area contributed by atoms with Gasteiger partial charge in [-0.3, -0.25) is 4.79 Å². The van der Waals surface area contributed by atoms with Crippen LogP contribution in [-0.4, -0.2) is 27.0 Å². The van der Waals surface area contributed by atoms with Crippen LogP contribution >= 0.6 is 11.6 Å². The van der Waals surface area contributed by atoms with Gasteiger partial charge >= 0.3 is 0 Å².